The van der Waals surface area contributed by atoms with Crippen LogP contribution in [-0.2, 0) is 24.3 Å². The lowest BCUT2D eigenvalue weighted by Gasteiger charge is -2.14. The number of amides is 1. The Bertz CT molecular complexity index is 422. The molecule has 0 aromatic rings. The lowest BCUT2D eigenvalue weighted by atomic mass is 10.2. The van der Waals surface area contributed by atoms with E-state index in [0.29, 0.717) is 25.8 Å². The van der Waals surface area contributed by atoms with Crippen molar-refractivity contribution in [2.24, 2.45) is 0 Å². The van der Waals surface area contributed by atoms with Crippen LogP contribution in [0.2, 0.25) is 0 Å². The van der Waals surface area contributed by atoms with E-state index >= 15 is 0 Å². The zero-order valence-corrected chi connectivity index (χ0v) is 13.8. The first-order valence-electron chi connectivity index (χ1n) is 7.17. The summed E-state index contributed by atoms with van der Waals surface area (Å²) < 4.78 is 29.9. The first-order chi connectivity index (χ1) is 9.82. The molecule has 21 heavy (non-hydrogen) atoms. The molecule has 0 rings (SSSR count). The fourth-order valence-corrected chi connectivity index (χ4v) is 2.99. The monoisotopic (exact) mass is 322 g/mol. The van der Waals surface area contributed by atoms with Gasteiger partial charge in [0.1, 0.15) is 0 Å². The average Bonchev–Trinajstić information content (AvgIpc) is 2.41. The van der Waals surface area contributed by atoms with Gasteiger partial charge >= 0.3 is 5.97 Å². The van der Waals surface area contributed by atoms with Crippen molar-refractivity contribution in [1.29, 1.82) is 0 Å². The van der Waals surface area contributed by atoms with Crippen molar-refractivity contribution in [3.8, 4) is 0 Å². The zero-order chi connectivity index (χ0) is 16.3. The number of rotatable bonds is 11. The fourth-order valence-electron chi connectivity index (χ4n) is 1.69. The summed E-state index contributed by atoms with van der Waals surface area (Å²) in [6, 6.07) is -0.781. The Morgan fingerprint density at radius 1 is 1.19 bits per heavy atom. The molecule has 0 saturated carbocycles. The van der Waals surface area contributed by atoms with Gasteiger partial charge in [0.25, 0.3) is 0 Å². The average molecular weight is 322 g/mol. The van der Waals surface area contributed by atoms with E-state index in [2.05, 4.69) is 14.8 Å². The number of carbonyl (C=O) groups excluding carboxylic acids is 2. The fraction of sp³-hybridized carbons (Fsp3) is 0.846. The van der Waals surface area contributed by atoms with Crippen LogP contribution in [0, 0.1) is 0 Å². The van der Waals surface area contributed by atoms with Crippen molar-refractivity contribution in [2.75, 3.05) is 19.4 Å². The predicted octanol–water partition coefficient (Wildman–Crippen LogP) is 0.554. The molecule has 0 aliphatic carbocycles. The molecule has 1 unspecified atom stereocenters. The highest BCUT2D eigenvalue weighted by Gasteiger charge is 2.18. The Labute approximate surface area is 126 Å². The van der Waals surface area contributed by atoms with Crippen molar-refractivity contribution in [1.82, 2.24) is 10.0 Å². The van der Waals surface area contributed by atoms with E-state index in [1.165, 1.54) is 14.0 Å². The van der Waals surface area contributed by atoms with Crippen molar-refractivity contribution in [2.45, 2.75) is 52.0 Å². The second-order valence-electron chi connectivity index (χ2n) is 4.84. The maximum Gasteiger partial charge on any atom is 0.305 e. The first-order valence-corrected chi connectivity index (χ1v) is 8.82. The van der Waals surface area contributed by atoms with E-state index in [1.54, 1.807) is 6.92 Å². The minimum Gasteiger partial charge on any atom is -0.469 e. The van der Waals surface area contributed by atoms with E-state index in [4.69, 9.17) is 0 Å². The van der Waals surface area contributed by atoms with Gasteiger partial charge in [-0.3, -0.25) is 9.59 Å². The third kappa shape index (κ3) is 10.3. The summed E-state index contributed by atoms with van der Waals surface area (Å²) in [5.41, 5.74) is 0. The van der Waals surface area contributed by atoms with Crippen molar-refractivity contribution in [3.05, 3.63) is 0 Å². The number of esters is 1. The Morgan fingerprint density at radius 3 is 2.43 bits per heavy atom. The Morgan fingerprint density at radius 2 is 1.86 bits per heavy atom. The summed E-state index contributed by atoms with van der Waals surface area (Å²) in [4.78, 5) is 22.6. The molecule has 1 amide bonds. The van der Waals surface area contributed by atoms with Crippen LogP contribution in [0.4, 0.5) is 0 Å². The maximum absolute atomic E-state index is 11.7. The number of carbonyl (C=O) groups is 2. The molecule has 0 saturated heterocycles. The van der Waals surface area contributed by atoms with Gasteiger partial charge < -0.3 is 10.1 Å². The van der Waals surface area contributed by atoms with Crippen LogP contribution in [-0.4, -0.2) is 45.7 Å². The van der Waals surface area contributed by atoms with Gasteiger partial charge in [-0.1, -0.05) is 13.3 Å². The van der Waals surface area contributed by atoms with Gasteiger partial charge in [0, 0.05) is 13.0 Å². The maximum atomic E-state index is 11.7. The van der Waals surface area contributed by atoms with Crippen LogP contribution in [0.15, 0.2) is 0 Å². The van der Waals surface area contributed by atoms with Gasteiger partial charge in [0.2, 0.25) is 15.9 Å². The second kappa shape index (κ2) is 10.6. The summed E-state index contributed by atoms with van der Waals surface area (Å²) in [5.74, 6) is -0.571. The Hall–Kier alpha value is -1.15. The first kappa shape index (κ1) is 19.9. The molecule has 2 N–H and O–H groups in total. The second-order valence-corrected chi connectivity index (χ2v) is 6.71. The van der Waals surface area contributed by atoms with Crippen LogP contribution < -0.4 is 10.0 Å². The van der Waals surface area contributed by atoms with E-state index in [9.17, 15) is 18.0 Å². The molecule has 0 aliphatic heterocycles. The Balaban J connectivity index is 3.81. The van der Waals surface area contributed by atoms with Crippen LogP contribution in [0.1, 0.15) is 46.0 Å². The lowest BCUT2D eigenvalue weighted by Crippen LogP contribution is -2.45. The van der Waals surface area contributed by atoms with Crippen molar-refractivity contribution < 1.29 is 22.7 Å². The standard InChI is InChI=1S/C13H26N2O5S/c1-4-10-21(18,19)15-11(2)13(17)14-9-7-5-6-8-12(16)20-3/h11,15H,4-10H2,1-3H3,(H,14,17). The summed E-state index contributed by atoms with van der Waals surface area (Å²) in [6.07, 6.45) is 3.12. The van der Waals surface area contributed by atoms with E-state index in [-0.39, 0.29) is 17.6 Å². The molecular weight excluding hydrogens is 296 g/mol. The molecule has 0 fully saturated rings. The number of ether oxygens (including phenoxy) is 1. The van der Waals surface area contributed by atoms with E-state index in [1.807, 2.05) is 0 Å². The lowest BCUT2D eigenvalue weighted by molar-refractivity contribution is -0.140. The number of hydrogen-bond donors (Lipinski definition) is 2. The van der Waals surface area contributed by atoms with Crippen molar-refractivity contribution in [3.63, 3.8) is 0 Å². The van der Waals surface area contributed by atoms with E-state index in [0.717, 1.165) is 12.8 Å². The summed E-state index contributed by atoms with van der Waals surface area (Å²) in [7, 11) is -2.04. The normalized spacial score (nSPS) is 12.7. The minimum absolute atomic E-state index is 0.0121. The molecule has 124 valence electrons. The van der Waals surface area contributed by atoms with Gasteiger partial charge in [0.05, 0.1) is 18.9 Å². The molecule has 0 heterocycles. The molecule has 7 nitrogen and oxygen atoms in total. The molecule has 0 radical (unpaired) electrons. The number of nitrogens with one attached hydrogen (secondary N) is 2. The highest BCUT2D eigenvalue weighted by molar-refractivity contribution is 7.89. The number of hydrogen-bond acceptors (Lipinski definition) is 5. The molecule has 0 aliphatic rings. The Kier molecular flexibility index (Phi) is 9.98. The van der Waals surface area contributed by atoms with Gasteiger partial charge in [-0.15, -0.1) is 0 Å². The molecule has 1 atom stereocenters. The van der Waals surface area contributed by atoms with Gasteiger partial charge in [-0.2, -0.15) is 0 Å². The highest BCUT2D eigenvalue weighted by Crippen LogP contribution is 2.00. The number of sulfonamides is 1. The van der Waals surface area contributed by atoms with Gasteiger partial charge in [-0.25, -0.2) is 13.1 Å². The number of methoxy groups -OCH3 is 1. The third-order valence-corrected chi connectivity index (χ3v) is 4.47. The van der Waals surface area contributed by atoms with E-state index < -0.39 is 16.1 Å². The molecular formula is C13H26N2O5S. The predicted molar refractivity (Wildman–Crippen MR) is 80.2 cm³/mol. The zero-order valence-electron chi connectivity index (χ0n) is 13.0. The minimum atomic E-state index is -3.39. The third-order valence-electron chi connectivity index (χ3n) is 2.81. The van der Waals surface area contributed by atoms with Crippen molar-refractivity contribution >= 4 is 21.9 Å². The molecule has 8 heteroatoms. The highest BCUT2D eigenvalue weighted by atomic mass is 32.2. The SMILES string of the molecule is CCCS(=O)(=O)NC(C)C(=O)NCCCCCC(=O)OC. The molecule has 0 bridgehead atoms. The summed E-state index contributed by atoms with van der Waals surface area (Å²) in [6.45, 7) is 3.73. The van der Waals surface area contributed by atoms with Crippen LogP contribution in [0.25, 0.3) is 0 Å². The summed E-state index contributed by atoms with van der Waals surface area (Å²) in [5, 5.41) is 2.67. The van der Waals surface area contributed by atoms with Crippen LogP contribution >= 0.6 is 0 Å². The molecule has 0 spiro atoms. The largest absolute Gasteiger partial charge is 0.469 e. The summed E-state index contributed by atoms with van der Waals surface area (Å²) >= 11 is 0. The smallest absolute Gasteiger partial charge is 0.305 e. The topological polar surface area (TPSA) is 102 Å². The van der Waals surface area contributed by atoms with Crippen LogP contribution in [0.5, 0.6) is 0 Å². The molecule has 0 aromatic carbocycles. The van der Waals surface area contributed by atoms with Gasteiger partial charge in [0.15, 0.2) is 0 Å². The van der Waals surface area contributed by atoms with Crippen LogP contribution in [0.3, 0.4) is 0 Å². The molecule has 0 aromatic heterocycles. The quantitative estimate of drug-likeness (QED) is 0.427. The number of unbranched alkanes of at least 4 members (excludes halogenated alkanes) is 2. The van der Waals surface area contributed by atoms with Gasteiger partial charge in [-0.05, 0) is 26.2 Å².